The van der Waals surface area contributed by atoms with Gasteiger partial charge in [0, 0.05) is 6.04 Å². The van der Waals surface area contributed by atoms with Crippen LogP contribution in [0.5, 0.6) is 0 Å². The van der Waals surface area contributed by atoms with Crippen molar-refractivity contribution in [2.45, 2.75) is 26.3 Å². The van der Waals surface area contributed by atoms with Crippen molar-refractivity contribution in [2.75, 3.05) is 0 Å². The molecule has 2 atom stereocenters. The molecule has 0 amide bonds. The van der Waals surface area contributed by atoms with Crippen molar-refractivity contribution in [3.8, 4) is 0 Å². The Balaban J connectivity index is 2.09. The molecule has 0 heterocycles. The Bertz CT molecular complexity index is 490. The van der Waals surface area contributed by atoms with E-state index in [1.54, 1.807) is 0 Å². The molecule has 0 aliphatic rings. The zero-order chi connectivity index (χ0) is 13.0. The lowest BCUT2D eigenvalue weighted by Crippen LogP contribution is -2.21. The molecule has 0 saturated carbocycles. The molecule has 2 aromatic carbocycles. The second-order valence-electron chi connectivity index (χ2n) is 5.04. The van der Waals surface area contributed by atoms with Gasteiger partial charge in [-0.05, 0) is 36.0 Å². The molecule has 0 aliphatic heterocycles. The first-order valence-electron chi connectivity index (χ1n) is 6.53. The van der Waals surface area contributed by atoms with Crippen LogP contribution >= 0.6 is 0 Å². The number of aryl methyl sites for hydroxylation is 1. The minimum Gasteiger partial charge on any atom is -0.324 e. The lowest BCUT2D eigenvalue weighted by atomic mass is 9.88. The van der Waals surface area contributed by atoms with Crippen molar-refractivity contribution in [1.82, 2.24) is 0 Å². The van der Waals surface area contributed by atoms with Crippen molar-refractivity contribution in [2.24, 2.45) is 11.7 Å². The molecule has 2 N–H and O–H groups in total. The topological polar surface area (TPSA) is 26.0 Å². The van der Waals surface area contributed by atoms with E-state index in [1.807, 2.05) is 6.07 Å². The normalized spacial score (nSPS) is 14.2. The first-order chi connectivity index (χ1) is 8.68. The van der Waals surface area contributed by atoms with Gasteiger partial charge in [-0.15, -0.1) is 0 Å². The van der Waals surface area contributed by atoms with Gasteiger partial charge in [0.15, 0.2) is 0 Å². The monoisotopic (exact) mass is 239 g/mol. The summed E-state index contributed by atoms with van der Waals surface area (Å²) in [6, 6.07) is 19.0. The highest BCUT2D eigenvalue weighted by Gasteiger charge is 2.15. The molecule has 0 radical (unpaired) electrons. The highest BCUT2D eigenvalue weighted by molar-refractivity contribution is 5.27. The molecule has 0 aromatic heterocycles. The van der Waals surface area contributed by atoms with Crippen LogP contribution in [-0.4, -0.2) is 0 Å². The molecular formula is C17H21N. The van der Waals surface area contributed by atoms with Crippen molar-refractivity contribution in [3.63, 3.8) is 0 Å². The second kappa shape index (κ2) is 5.83. The van der Waals surface area contributed by atoms with E-state index in [-0.39, 0.29) is 6.04 Å². The van der Waals surface area contributed by atoms with Gasteiger partial charge in [0.05, 0.1) is 0 Å². The summed E-state index contributed by atoms with van der Waals surface area (Å²) in [6.45, 7) is 4.39. The Kier molecular flexibility index (Phi) is 4.16. The Morgan fingerprint density at radius 2 is 1.56 bits per heavy atom. The summed E-state index contributed by atoms with van der Waals surface area (Å²) in [5.41, 5.74) is 10.3. The lowest BCUT2D eigenvalue weighted by molar-refractivity contribution is 0.467. The number of hydrogen-bond donors (Lipinski definition) is 1. The first-order valence-corrected chi connectivity index (χ1v) is 6.53. The van der Waals surface area contributed by atoms with Gasteiger partial charge in [-0.1, -0.05) is 61.5 Å². The maximum atomic E-state index is 6.34. The fourth-order valence-electron chi connectivity index (χ4n) is 2.32. The third-order valence-electron chi connectivity index (χ3n) is 3.60. The lowest BCUT2D eigenvalue weighted by Gasteiger charge is -2.21. The van der Waals surface area contributed by atoms with Gasteiger partial charge in [-0.25, -0.2) is 0 Å². The van der Waals surface area contributed by atoms with Crippen LogP contribution in [-0.2, 0) is 6.42 Å². The van der Waals surface area contributed by atoms with Crippen LogP contribution in [0.1, 0.15) is 29.7 Å². The zero-order valence-corrected chi connectivity index (χ0v) is 11.1. The molecule has 0 bridgehead atoms. The quantitative estimate of drug-likeness (QED) is 0.861. The van der Waals surface area contributed by atoms with Crippen LogP contribution in [0.2, 0.25) is 0 Å². The number of benzene rings is 2. The molecule has 2 unspecified atom stereocenters. The van der Waals surface area contributed by atoms with Crippen molar-refractivity contribution < 1.29 is 0 Å². The van der Waals surface area contributed by atoms with Crippen LogP contribution in [0, 0.1) is 12.8 Å². The minimum atomic E-state index is 0.103. The Morgan fingerprint density at radius 1 is 0.944 bits per heavy atom. The summed E-state index contributed by atoms with van der Waals surface area (Å²) in [5.74, 6) is 0.438. The van der Waals surface area contributed by atoms with Crippen LogP contribution in [0.15, 0.2) is 54.6 Å². The van der Waals surface area contributed by atoms with E-state index >= 15 is 0 Å². The minimum absolute atomic E-state index is 0.103. The zero-order valence-electron chi connectivity index (χ0n) is 11.1. The third-order valence-corrected chi connectivity index (χ3v) is 3.60. The van der Waals surface area contributed by atoms with Gasteiger partial charge < -0.3 is 5.73 Å². The van der Waals surface area contributed by atoms with Crippen LogP contribution in [0.3, 0.4) is 0 Å². The Hall–Kier alpha value is -1.60. The van der Waals surface area contributed by atoms with Gasteiger partial charge in [0.2, 0.25) is 0 Å². The molecule has 2 aromatic rings. The predicted octanol–water partition coefficient (Wildman–Crippen LogP) is 3.87. The fraction of sp³-hybridized carbons (Fsp3) is 0.294. The summed E-state index contributed by atoms with van der Waals surface area (Å²) in [6.07, 6.45) is 1.03. The average Bonchev–Trinajstić information content (AvgIpc) is 2.41. The van der Waals surface area contributed by atoms with E-state index in [0.29, 0.717) is 5.92 Å². The molecule has 1 nitrogen and oxygen atoms in total. The molecule has 0 fully saturated rings. The summed E-state index contributed by atoms with van der Waals surface area (Å²) in [5, 5.41) is 0. The number of nitrogens with two attached hydrogens (primary N) is 1. The van der Waals surface area contributed by atoms with Gasteiger partial charge in [-0.3, -0.25) is 0 Å². The molecule has 0 spiro atoms. The van der Waals surface area contributed by atoms with E-state index in [4.69, 9.17) is 5.73 Å². The van der Waals surface area contributed by atoms with Crippen molar-refractivity contribution >= 4 is 0 Å². The highest BCUT2D eigenvalue weighted by atomic mass is 14.6. The van der Waals surface area contributed by atoms with E-state index in [0.717, 1.165) is 6.42 Å². The van der Waals surface area contributed by atoms with E-state index in [2.05, 4.69) is 62.4 Å². The predicted molar refractivity (Wildman–Crippen MR) is 77.4 cm³/mol. The van der Waals surface area contributed by atoms with Crippen LogP contribution in [0.4, 0.5) is 0 Å². The van der Waals surface area contributed by atoms with Gasteiger partial charge in [-0.2, -0.15) is 0 Å². The Morgan fingerprint density at radius 3 is 2.22 bits per heavy atom. The molecule has 18 heavy (non-hydrogen) atoms. The number of rotatable bonds is 4. The summed E-state index contributed by atoms with van der Waals surface area (Å²) >= 11 is 0. The van der Waals surface area contributed by atoms with E-state index in [1.165, 1.54) is 16.7 Å². The van der Waals surface area contributed by atoms with Crippen LogP contribution in [0.25, 0.3) is 0 Å². The van der Waals surface area contributed by atoms with E-state index < -0.39 is 0 Å². The molecular weight excluding hydrogens is 218 g/mol. The van der Waals surface area contributed by atoms with Crippen molar-refractivity contribution in [3.05, 3.63) is 71.3 Å². The molecule has 1 heteroatoms. The standard InChI is InChI=1S/C17H21N/c1-13-8-6-7-11-16(13)12-14(2)17(18)15-9-4-3-5-10-15/h3-11,14,17H,12,18H2,1-2H3. The maximum Gasteiger partial charge on any atom is 0.0324 e. The summed E-state index contributed by atoms with van der Waals surface area (Å²) in [4.78, 5) is 0. The van der Waals surface area contributed by atoms with Gasteiger partial charge >= 0.3 is 0 Å². The number of hydrogen-bond acceptors (Lipinski definition) is 1. The molecule has 0 aliphatic carbocycles. The molecule has 0 saturated heterocycles. The largest absolute Gasteiger partial charge is 0.324 e. The molecule has 94 valence electrons. The Labute approximate surface area is 110 Å². The third kappa shape index (κ3) is 2.99. The van der Waals surface area contributed by atoms with Crippen LogP contribution < -0.4 is 5.73 Å². The summed E-state index contributed by atoms with van der Waals surface area (Å²) in [7, 11) is 0. The van der Waals surface area contributed by atoms with Gasteiger partial charge in [0.1, 0.15) is 0 Å². The molecule has 2 rings (SSSR count). The van der Waals surface area contributed by atoms with Crippen molar-refractivity contribution in [1.29, 1.82) is 0 Å². The van der Waals surface area contributed by atoms with E-state index in [9.17, 15) is 0 Å². The average molecular weight is 239 g/mol. The highest BCUT2D eigenvalue weighted by Crippen LogP contribution is 2.23. The first kappa shape index (κ1) is 12.8. The fourth-order valence-corrected chi connectivity index (χ4v) is 2.32. The maximum absolute atomic E-state index is 6.34. The smallest absolute Gasteiger partial charge is 0.0324 e. The SMILES string of the molecule is Cc1ccccc1CC(C)C(N)c1ccccc1. The summed E-state index contributed by atoms with van der Waals surface area (Å²) < 4.78 is 0. The van der Waals surface area contributed by atoms with Gasteiger partial charge in [0.25, 0.3) is 0 Å². The second-order valence-corrected chi connectivity index (χ2v) is 5.04.